The van der Waals surface area contributed by atoms with Gasteiger partial charge in [0.15, 0.2) is 11.5 Å². The summed E-state index contributed by atoms with van der Waals surface area (Å²) in [4.78, 5) is 11.0. The summed E-state index contributed by atoms with van der Waals surface area (Å²) in [5, 5.41) is 0. The van der Waals surface area contributed by atoms with E-state index in [0.717, 1.165) is 11.8 Å². The highest BCUT2D eigenvalue weighted by atomic mass is 16.5. The third kappa shape index (κ3) is 2.97. The van der Waals surface area contributed by atoms with Crippen LogP contribution in [0.2, 0.25) is 0 Å². The largest absolute Gasteiger partial charge is 0.493 e. The molecule has 17 heavy (non-hydrogen) atoms. The first kappa shape index (κ1) is 13.0. The lowest BCUT2D eigenvalue weighted by Crippen LogP contribution is -2.03. The maximum Gasteiger partial charge on any atom is 0.165 e. The van der Waals surface area contributed by atoms with Gasteiger partial charge in [-0.15, -0.1) is 6.58 Å². The van der Waals surface area contributed by atoms with Gasteiger partial charge in [0, 0.05) is 11.1 Å². The molecule has 1 aromatic carbocycles. The molecule has 0 amide bonds. The molecule has 0 aliphatic heterocycles. The summed E-state index contributed by atoms with van der Waals surface area (Å²) >= 11 is 0. The molecule has 0 aliphatic rings. The van der Waals surface area contributed by atoms with Gasteiger partial charge in [0.1, 0.15) is 12.9 Å². The van der Waals surface area contributed by atoms with Crippen LogP contribution in [-0.2, 0) is 6.42 Å². The summed E-state index contributed by atoms with van der Waals surface area (Å²) in [6.45, 7) is 7.63. The molecule has 0 aromatic heterocycles. The second-order valence-corrected chi connectivity index (χ2v) is 3.38. The average molecular weight is 232 g/mol. The van der Waals surface area contributed by atoms with Gasteiger partial charge < -0.3 is 9.47 Å². The molecule has 0 saturated carbocycles. The second kappa shape index (κ2) is 6.53. The van der Waals surface area contributed by atoms with Crippen molar-refractivity contribution in [2.75, 3.05) is 13.7 Å². The molecule has 0 radical (unpaired) electrons. The van der Waals surface area contributed by atoms with Crippen LogP contribution >= 0.6 is 0 Å². The number of ether oxygens (including phenoxy) is 2. The van der Waals surface area contributed by atoms with Gasteiger partial charge in [0.25, 0.3) is 0 Å². The monoisotopic (exact) mass is 232 g/mol. The van der Waals surface area contributed by atoms with Gasteiger partial charge in [0.05, 0.1) is 7.11 Å². The fourth-order valence-corrected chi connectivity index (χ4v) is 1.55. The maximum atomic E-state index is 11.0. The van der Waals surface area contributed by atoms with Crippen molar-refractivity contribution in [2.24, 2.45) is 0 Å². The van der Waals surface area contributed by atoms with Crippen molar-refractivity contribution in [1.29, 1.82) is 0 Å². The second-order valence-electron chi connectivity index (χ2n) is 3.38. The first-order chi connectivity index (χ1) is 8.28. The fraction of sp³-hybridized carbons (Fsp3) is 0.214. The molecule has 0 bridgehead atoms. The Hall–Kier alpha value is -2.03. The normalized spacial score (nSPS) is 9.47. The van der Waals surface area contributed by atoms with E-state index in [1.807, 2.05) is 0 Å². The van der Waals surface area contributed by atoms with Crippen LogP contribution in [0.25, 0.3) is 0 Å². The minimum absolute atomic E-state index is 0.364. The topological polar surface area (TPSA) is 35.5 Å². The molecule has 90 valence electrons. The summed E-state index contributed by atoms with van der Waals surface area (Å²) in [6, 6.07) is 3.43. The van der Waals surface area contributed by atoms with Crippen molar-refractivity contribution < 1.29 is 14.3 Å². The Morgan fingerprint density at radius 3 is 2.59 bits per heavy atom. The fourth-order valence-electron chi connectivity index (χ4n) is 1.55. The summed E-state index contributed by atoms with van der Waals surface area (Å²) in [5.41, 5.74) is 1.38. The number of carbonyl (C=O) groups excluding carboxylic acids is 1. The Kier molecular flexibility index (Phi) is 5.01. The number of aldehydes is 1. The third-order valence-electron chi connectivity index (χ3n) is 2.30. The molecule has 0 N–H and O–H groups in total. The molecule has 3 nitrogen and oxygen atoms in total. The van der Waals surface area contributed by atoms with Crippen molar-refractivity contribution in [3.63, 3.8) is 0 Å². The average Bonchev–Trinajstić information content (AvgIpc) is 2.37. The molecular weight excluding hydrogens is 216 g/mol. The predicted molar refractivity (Wildman–Crippen MR) is 68.0 cm³/mol. The maximum absolute atomic E-state index is 11.0. The van der Waals surface area contributed by atoms with Crippen LogP contribution < -0.4 is 9.47 Å². The molecule has 0 saturated heterocycles. The molecule has 0 heterocycles. The van der Waals surface area contributed by atoms with Crippen LogP contribution in [0.1, 0.15) is 15.9 Å². The number of benzene rings is 1. The van der Waals surface area contributed by atoms with Crippen molar-refractivity contribution in [1.82, 2.24) is 0 Å². The van der Waals surface area contributed by atoms with Crippen molar-refractivity contribution >= 4 is 6.29 Å². The van der Waals surface area contributed by atoms with Crippen LogP contribution in [-0.4, -0.2) is 20.0 Å². The van der Waals surface area contributed by atoms with E-state index >= 15 is 0 Å². The Morgan fingerprint density at radius 1 is 1.29 bits per heavy atom. The molecule has 3 heteroatoms. The van der Waals surface area contributed by atoms with E-state index in [1.165, 1.54) is 0 Å². The van der Waals surface area contributed by atoms with Crippen molar-refractivity contribution in [3.8, 4) is 11.5 Å². The van der Waals surface area contributed by atoms with Crippen LogP contribution in [0.5, 0.6) is 11.5 Å². The lowest BCUT2D eigenvalue weighted by atomic mass is 10.0. The minimum atomic E-state index is 0.364. The number of hydrogen-bond acceptors (Lipinski definition) is 3. The Bertz CT molecular complexity index is 422. The molecular formula is C14H16O3. The van der Waals surface area contributed by atoms with Gasteiger partial charge in [-0.05, 0) is 18.6 Å². The highest BCUT2D eigenvalue weighted by Gasteiger charge is 2.13. The Morgan fingerprint density at radius 2 is 2.06 bits per heavy atom. The van der Waals surface area contributed by atoms with Crippen LogP contribution in [0.4, 0.5) is 0 Å². The van der Waals surface area contributed by atoms with E-state index in [0.29, 0.717) is 30.1 Å². The van der Waals surface area contributed by atoms with Gasteiger partial charge in [-0.25, -0.2) is 0 Å². The number of methoxy groups -OCH3 is 1. The predicted octanol–water partition coefficient (Wildman–Crippen LogP) is 2.80. The zero-order chi connectivity index (χ0) is 12.7. The van der Waals surface area contributed by atoms with E-state index in [2.05, 4.69) is 13.2 Å². The molecule has 0 fully saturated rings. The summed E-state index contributed by atoms with van der Waals surface area (Å²) in [6.07, 6.45) is 4.73. The lowest BCUT2D eigenvalue weighted by molar-refractivity contribution is 0.112. The van der Waals surface area contributed by atoms with Crippen LogP contribution in [0.15, 0.2) is 37.4 Å². The van der Waals surface area contributed by atoms with E-state index in [4.69, 9.17) is 9.47 Å². The van der Waals surface area contributed by atoms with Crippen molar-refractivity contribution in [3.05, 3.63) is 48.6 Å². The van der Waals surface area contributed by atoms with E-state index in [1.54, 1.807) is 31.4 Å². The van der Waals surface area contributed by atoms with E-state index in [9.17, 15) is 4.79 Å². The molecule has 0 aliphatic carbocycles. The van der Waals surface area contributed by atoms with Gasteiger partial charge in [0.2, 0.25) is 0 Å². The minimum Gasteiger partial charge on any atom is -0.493 e. The quantitative estimate of drug-likeness (QED) is 0.535. The summed E-state index contributed by atoms with van der Waals surface area (Å²) < 4.78 is 10.8. The molecule has 0 unspecified atom stereocenters. The third-order valence-corrected chi connectivity index (χ3v) is 2.30. The number of carbonyl (C=O) groups is 1. The van der Waals surface area contributed by atoms with Gasteiger partial charge in [-0.2, -0.15) is 0 Å². The van der Waals surface area contributed by atoms with Crippen LogP contribution in [0.3, 0.4) is 0 Å². The number of hydrogen-bond donors (Lipinski definition) is 0. The zero-order valence-electron chi connectivity index (χ0n) is 9.94. The highest BCUT2D eigenvalue weighted by Crippen LogP contribution is 2.33. The SMILES string of the molecule is C=CCOc1c(OC)ccc(C=O)c1CC=C. The molecule has 0 spiro atoms. The first-order valence-corrected chi connectivity index (χ1v) is 5.28. The molecule has 0 atom stereocenters. The first-order valence-electron chi connectivity index (χ1n) is 5.28. The number of rotatable bonds is 7. The van der Waals surface area contributed by atoms with Crippen molar-refractivity contribution in [2.45, 2.75) is 6.42 Å². The molecule has 1 aromatic rings. The van der Waals surface area contributed by atoms with E-state index < -0.39 is 0 Å². The van der Waals surface area contributed by atoms with Gasteiger partial charge in [-0.3, -0.25) is 4.79 Å². The van der Waals surface area contributed by atoms with E-state index in [-0.39, 0.29) is 0 Å². The zero-order valence-corrected chi connectivity index (χ0v) is 9.94. The standard InChI is InChI=1S/C14H16O3/c1-4-6-12-11(10-15)7-8-13(16-3)14(12)17-9-5-2/h4-5,7-8,10H,1-2,6,9H2,3H3. The Labute approximate surface area is 101 Å². The Balaban J connectivity index is 3.28. The van der Waals surface area contributed by atoms with Gasteiger partial charge in [-0.1, -0.05) is 18.7 Å². The number of allylic oxidation sites excluding steroid dienone is 1. The van der Waals surface area contributed by atoms with Crippen LogP contribution in [0, 0.1) is 0 Å². The highest BCUT2D eigenvalue weighted by molar-refractivity contribution is 5.80. The summed E-state index contributed by atoms with van der Waals surface area (Å²) in [5.74, 6) is 1.19. The molecule has 1 rings (SSSR count). The van der Waals surface area contributed by atoms with Gasteiger partial charge >= 0.3 is 0 Å². The lowest BCUT2D eigenvalue weighted by Gasteiger charge is -2.15. The smallest absolute Gasteiger partial charge is 0.165 e. The summed E-state index contributed by atoms with van der Waals surface area (Å²) in [7, 11) is 1.56.